The smallest absolute Gasteiger partial charge is 0.170 e. The van der Waals surface area contributed by atoms with E-state index in [1.54, 1.807) is 0 Å². The summed E-state index contributed by atoms with van der Waals surface area (Å²) in [7, 11) is 0. The van der Waals surface area contributed by atoms with Gasteiger partial charge >= 0.3 is 0 Å². The Morgan fingerprint density at radius 2 is 1.96 bits per heavy atom. The van der Waals surface area contributed by atoms with Crippen molar-refractivity contribution in [2.45, 2.75) is 26.0 Å². The van der Waals surface area contributed by atoms with Crippen LogP contribution in [0.1, 0.15) is 24.5 Å². The molecule has 2 aromatic rings. The number of benzene rings is 2. The summed E-state index contributed by atoms with van der Waals surface area (Å²) in [5, 5.41) is 7.11. The molecule has 0 fully saturated rings. The molecule has 0 unspecified atom stereocenters. The van der Waals surface area contributed by atoms with Crippen molar-refractivity contribution < 1.29 is 4.74 Å². The van der Waals surface area contributed by atoms with Crippen LogP contribution in [0.2, 0.25) is 0 Å². The number of thiocarbonyl (C=S) groups is 1. The van der Waals surface area contributed by atoms with E-state index in [1.165, 1.54) is 11.1 Å². The van der Waals surface area contributed by atoms with Crippen LogP contribution < -0.4 is 15.4 Å². The van der Waals surface area contributed by atoms with Gasteiger partial charge in [0.25, 0.3) is 0 Å². The molecule has 0 atom stereocenters. The number of hydrogen-bond acceptors (Lipinski definition) is 3. The van der Waals surface area contributed by atoms with Crippen LogP contribution in [0.3, 0.4) is 0 Å². The van der Waals surface area contributed by atoms with Crippen LogP contribution in [-0.2, 0) is 5.75 Å². The van der Waals surface area contributed by atoms with Gasteiger partial charge < -0.3 is 15.4 Å². The number of hydrogen-bond donors (Lipinski definition) is 2. The van der Waals surface area contributed by atoms with Gasteiger partial charge in [-0.2, -0.15) is 11.8 Å². The van der Waals surface area contributed by atoms with Crippen molar-refractivity contribution >= 4 is 34.8 Å². The third-order valence-corrected chi connectivity index (χ3v) is 4.89. The highest BCUT2D eigenvalue weighted by Crippen LogP contribution is 2.16. The van der Waals surface area contributed by atoms with E-state index < -0.39 is 0 Å². The van der Waals surface area contributed by atoms with Gasteiger partial charge in [-0.25, -0.2) is 0 Å². The van der Waals surface area contributed by atoms with Crippen molar-refractivity contribution in [3.05, 3.63) is 59.7 Å². The van der Waals surface area contributed by atoms with Gasteiger partial charge in [0.1, 0.15) is 5.75 Å². The average Bonchev–Trinajstić information content (AvgIpc) is 2.60. The molecular weight excluding hydrogens is 348 g/mol. The molecule has 0 amide bonds. The van der Waals surface area contributed by atoms with E-state index >= 15 is 0 Å². The van der Waals surface area contributed by atoms with Crippen LogP contribution in [0.15, 0.2) is 48.5 Å². The fraction of sp³-hybridized carbons (Fsp3) is 0.350. The number of rotatable bonds is 9. The summed E-state index contributed by atoms with van der Waals surface area (Å²) in [6.07, 6.45) is 1.08. The van der Waals surface area contributed by atoms with Crippen LogP contribution >= 0.6 is 24.0 Å². The molecule has 0 saturated carbocycles. The molecule has 0 bridgehead atoms. The molecule has 0 aliphatic rings. The topological polar surface area (TPSA) is 33.3 Å². The van der Waals surface area contributed by atoms with E-state index in [9.17, 15) is 0 Å². The van der Waals surface area contributed by atoms with Crippen molar-refractivity contribution in [2.24, 2.45) is 0 Å². The molecule has 0 aliphatic carbocycles. The first-order valence-electron chi connectivity index (χ1n) is 8.58. The van der Waals surface area contributed by atoms with Crippen LogP contribution in [0, 0.1) is 6.92 Å². The fourth-order valence-corrected chi connectivity index (χ4v) is 3.47. The lowest BCUT2D eigenvalue weighted by molar-refractivity contribution is 0.340. The van der Waals surface area contributed by atoms with Gasteiger partial charge in [-0.05, 0) is 68.1 Å². The van der Waals surface area contributed by atoms with Crippen molar-refractivity contribution in [1.29, 1.82) is 0 Å². The third kappa shape index (κ3) is 7.80. The predicted molar refractivity (Wildman–Crippen MR) is 114 cm³/mol. The molecule has 0 saturated heterocycles. The molecular formula is C20H26N2OS2. The Labute approximate surface area is 160 Å². The molecule has 0 radical (unpaired) electrons. The average molecular weight is 375 g/mol. The summed E-state index contributed by atoms with van der Waals surface area (Å²) >= 11 is 7.29. The molecule has 0 heterocycles. The van der Waals surface area contributed by atoms with Gasteiger partial charge in [0.2, 0.25) is 0 Å². The largest absolute Gasteiger partial charge is 0.494 e. The first-order valence-corrected chi connectivity index (χ1v) is 10.1. The molecule has 5 heteroatoms. The van der Waals surface area contributed by atoms with Crippen molar-refractivity contribution in [1.82, 2.24) is 5.32 Å². The van der Waals surface area contributed by atoms with Crippen LogP contribution in [0.5, 0.6) is 5.75 Å². The van der Waals surface area contributed by atoms with Gasteiger partial charge in [0, 0.05) is 18.0 Å². The quantitative estimate of drug-likeness (QED) is 0.477. The van der Waals surface area contributed by atoms with Crippen LogP contribution in [0.25, 0.3) is 0 Å². The van der Waals surface area contributed by atoms with E-state index in [0.29, 0.717) is 11.7 Å². The maximum atomic E-state index is 5.43. The van der Waals surface area contributed by atoms with Crippen LogP contribution in [-0.4, -0.2) is 24.0 Å². The zero-order valence-electron chi connectivity index (χ0n) is 14.9. The van der Waals surface area contributed by atoms with Gasteiger partial charge in [-0.1, -0.05) is 29.8 Å². The summed E-state index contributed by atoms with van der Waals surface area (Å²) in [6, 6.07) is 16.5. The van der Waals surface area contributed by atoms with E-state index in [1.807, 2.05) is 43.0 Å². The maximum absolute atomic E-state index is 5.43. The van der Waals surface area contributed by atoms with Crippen molar-refractivity contribution in [3.63, 3.8) is 0 Å². The summed E-state index contributed by atoms with van der Waals surface area (Å²) in [6.45, 7) is 5.67. The van der Waals surface area contributed by atoms with Crippen molar-refractivity contribution in [3.8, 4) is 5.75 Å². The minimum absolute atomic E-state index is 0.660. The Bertz CT molecular complexity index is 659. The Balaban J connectivity index is 1.57. The van der Waals surface area contributed by atoms with E-state index in [0.717, 1.165) is 35.9 Å². The first kappa shape index (κ1) is 19.6. The molecule has 0 spiro atoms. The Kier molecular flexibility index (Phi) is 8.63. The lowest BCUT2D eigenvalue weighted by Gasteiger charge is -2.11. The Morgan fingerprint density at radius 1 is 1.16 bits per heavy atom. The lowest BCUT2D eigenvalue weighted by atomic mass is 10.2. The van der Waals surface area contributed by atoms with Crippen molar-refractivity contribution in [2.75, 3.05) is 24.2 Å². The number of thioether (sulfide) groups is 1. The molecule has 0 aliphatic heterocycles. The summed E-state index contributed by atoms with van der Waals surface area (Å²) in [5.41, 5.74) is 3.69. The Morgan fingerprint density at radius 3 is 2.68 bits per heavy atom. The second-order valence-corrected chi connectivity index (χ2v) is 7.25. The summed E-state index contributed by atoms with van der Waals surface area (Å²) in [5.74, 6) is 3.06. The lowest BCUT2D eigenvalue weighted by Crippen LogP contribution is -2.29. The monoisotopic (exact) mass is 374 g/mol. The second-order valence-electron chi connectivity index (χ2n) is 5.73. The zero-order chi connectivity index (χ0) is 17.9. The third-order valence-electron chi connectivity index (χ3n) is 3.53. The van der Waals surface area contributed by atoms with Crippen LogP contribution in [0.4, 0.5) is 5.69 Å². The summed E-state index contributed by atoms with van der Waals surface area (Å²) in [4.78, 5) is 0. The molecule has 2 N–H and O–H groups in total. The van der Waals surface area contributed by atoms with Gasteiger partial charge in [0.05, 0.1) is 6.61 Å². The highest BCUT2D eigenvalue weighted by molar-refractivity contribution is 7.98. The molecule has 134 valence electrons. The number of nitrogens with one attached hydrogen (secondary N) is 2. The highest BCUT2D eigenvalue weighted by atomic mass is 32.2. The minimum Gasteiger partial charge on any atom is -0.494 e. The van der Waals surface area contributed by atoms with Gasteiger partial charge in [-0.3, -0.25) is 0 Å². The van der Waals surface area contributed by atoms with E-state index in [4.69, 9.17) is 17.0 Å². The molecule has 2 rings (SSSR count). The van der Waals surface area contributed by atoms with E-state index in [2.05, 4.69) is 41.8 Å². The SMILES string of the molecule is CCOc1ccc(NC(=S)NCCCSCc2cccc(C)c2)cc1. The molecule has 3 nitrogen and oxygen atoms in total. The molecule has 2 aromatic carbocycles. The normalized spacial score (nSPS) is 10.3. The maximum Gasteiger partial charge on any atom is 0.170 e. The number of aryl methyl sites for hydroxylation is 1. The zero-order valence-corrected chi connectivity index (χ0v) is 16.5. The van der Waals surface area contributed by atoms with E-state index in [-0.39, 0.29) is 0 Å². The summed E-state index contributed by atoms with van der Waals surface area (Å²) < 4.78 is 5.43. The Hall–Kier alpha value is -1.72. The van der Waals surface area contributed by atoms with Gasteiger partial charge in [0.15, 0.2) is 5.11 Å². The number of anilines is 1. The minimum atomic E-state index is 0.660. The fourth-order valence-electron chi connectivity index (χ4n) is 2.34. The highest BCUT2D eigenvalue weighted by Gasteiger charge is 1.99. The van der Waals surface area contributed by atoms with Gasteiger partial charge in [-0.15, -0.1) is 0 Å². The number of ether oxygens (including phenoxy) is 1. The molecule has 25 heavy (non-hydrogen) atoms. The second kappa shape index (κ2) is 11.0. The first-order chi connectivity index (χ1) is 12.2. The predicted octanol–water partition coefficient (Wildman–Crippen LogP) is 5.00. The standard InChI is InChI=1S/C20H26N2OS2/c1-3-23-19-10-8-18(9-11-19)22-20(24)21-12-5-13-25-15-17-7-4-6-16(2)14-17/h4,6-11,14H,3,5,12-13,15H2,1-2H3,(H2,21,22,24). The molecule has 0 aromatic heterocycles.